The van der Waals surface area contributed by atoms with Crippen molar-refractivity contribution in [1.29, 1.82) is 0 Å². The fraction of sp³-hybridized carbons (Fsp3) is 0.350. The molecule has 2 aromatic heterocycles. The summed E-state index contributed by atoms with van der Waals surface area (Å²) in [6.45, 7) is 6.98. The van der Waals surface area contributed by atoms with Gasteiger partial charge in [-0.25, -0.2) is 0 Å². The minimum atomic E-state index is -0.0190. The van der Waals surface area contributed by atoms with Crippen molar-refractivity contribution in [1.82, 2.24) is 14.8 Å². The first-order valence-electron chi connectivity index (χ1n) is 9.08. The van der Waals surface area contributed by atoms with E-state index in [1.54, 1.807) is 11.3 Å². The third kappa shape index (κ3) is 4.78. The molecule has 0 atom stereocenters. The number of hydrogen-bond donors (Lipinski definition) is 1. The molecule has 0 radical (unpaired) electrons. The second kappa shape index (κ2) is 9.19. The van der Waals surface area contributed by atoms with E-state index in [1.165, 1.54) is 16.6 Å². The maximum atomic E-state index is 12.5. The van der Waals surface area contributed by atoms with E-state index in [-0.39, 0.29) is 5.91 Å². The summed E-state index contributed by atoms with van der Waals surface area (Å²) in [4.78, 5) is 13.7. The molecule has 0 saturated heterocycles. The van der Waals surface area contributed by atoms with Gasteiger partial charge in [0, 0.05) is 23.5 Å². The zero-order valence-corrected chi connectivity index (χ0v) is 17.5. The predicted octanol–water partition coefficient (Wildman–Crippen LogP) is 4.55. The molecule has 2 heterocycles. The number of thioether (sulfide) groups is 1. The Morgan fingerprint density at radius 1 is 1.22 bits per heavy atom. The summed E-state index contributed by atoms with van der Waals surface area (Å²) in [5, 5.41) is 14.6. The van der Waals surface area contributed by atoms with Gasteiger partial charge in [0.2, 0.25) is 5.91 Å². The first-order valence-corrected chi connectivity index (χ1v) is 10.9. The molecular weight excluding hydrogens is 376 g/mol. The number of amides is 1. The van der Waals surface area contributed by atoms with E-state index in [0.717, 1.165) is 47.2 Å². The highest BCUT2D eigenvalue weighted by Gasteiger charge is 2.15. The van der Waals surface area contributed by atoms with Crippen LogP contribution < -0.4 is 5.32 Å². The Kier molecular flexibility index (Phi) is 6.68. The number of aryl methyl sites for hydroxylation is 2. The minimum Gasteiger partial charge on any atom is -0.325 e. The van der Waals surface area contributed by atoms with E-state index in [9.17, 15) is 4.79 Å². The van der Waals surface area contributed by atoms with Crippen molar-refractivity contribution in [3.8, 4) is 0 Å². The molecule has 1 aromatic carbocycles. The van der Waals surface area contributed by atoms with Crippen LogP contribution in [0, 0.1) is 6.92 Å². The zero-order valence-electron chi connectivity index (χ0n) is 15.9. The van der Waals surface area contributed by atoms with Gasteiger partial charge in [-0.15, -0.1) is 21.5 Å². The average molecular weight is 401 g/mol. The number of carbonyl (C=O) groups is 1. The van der Waals surface area contributed by atoms with Gasteiger partial charge in [0.15, 0.2) is 5.16 Å². The normalized spacial score (nSPS) is 10.9. The average Bonchev–Trinajstić information content (AvgIpc) is 3.31. The van der Waals surface area contributed by atoms with Gasteiger partial charge >= 0.3 is 0 Å². The first kappa shape index (κ1) is 19.6. The Hall–Kier alpha value is -2.12. The molecule has 0 aliphatic carbocycles. The summed E-state index contributed by atoms with van der Waals surface area (Å²) in [6, 6.07) is 10.3. The number of nitrogens with one attached hydrogen (secondary N) is 1. The van der Waals surface area contributed by atoms with Crippen molar-refractivity contribution in [2.75, 3.05) is 11.1 Å². The van der Waals surface area contributed by atoms with E-state index >= 15 is 0 Å². The van der Waals surface area contributed by atoms with Gasteiger partial charge in [-0.3, -0.25) is 4.79 Å². The molecule has 1 amide bonds. The van der Waals surface area contributed by atoms with E-state index in [4.69, 9.17) is 0 Å². The number of nitrogens with zero attached hydrogens (tertiary/aromatic N) is 3. The van der Waals surface area contributed by atoms with Crippen molar-refractivity contribution >= 4 is 34.7 Å². The summed E-state index contributed by atoms with van der Waals surface area (Å²) < 4.78 is 2.09. The van der Waals surface area contributed by atoms with E-state index in [2.05, 4.69) is 51.4 Å². The maximum Gasteiger partial charge on any atom is 0.234 e. The maximum absolute atomic E-state index is 12.5. The molecule has 0 unspecified atom stereocenters. The standard InChI is InChI=1S/C20H24N4OS2/c1-4-15-9-6-8-14(3)19(15)21-18(25)13-27-20-23-22-17(24(20)5-2)12-16-10-7-11-26-16/h6-11H,4-5,12-13H2,1-3H3,(H,21,25). The highest BCUT2D eigenvalue weighted by Crippen LogP contribution is 2.23. The fourth-order valence-corrected chi connectivity index (χ4v) is 4.47. The van der Waals surface area contributed by atoms with Crippen molar-refractivity contribution in [2.45, 2.75) is 45.3 Å². The van der Waals surface area contributed by atoms with Crippen LogP contribution in [0.2, 0.25) is 0 Å². The Balaban J connectivity index is 1.65. The fourth-order valence-electron chi connectivity index (χ4n) is 2.95. The van der Waals surface area contributed by atoms with Gasteiger partial charge in [0.1, 0.15) is 5.82 Å². The van der Waals surface area contributed by atoms with E-state index in [0.29, 0.717) is 5.75 Å². The van der Waals surface area contributed by atoms with Gasteiger partial charge in [-0.05, 0) is 42.8 Å². The molecule has 0 bridgehead atoms. The molecule has 142 valence electrons. The molecule has 3 aromatic rings. The van der Waals surface area contributed by atoms with Crippen LogP contribution in [0.1, 0.15) is 35.7 Å². The van der Waals surface area contributed by atoms with Crippen LogP contribution in [0.15, 0.2) is 40.9 Å². The Labute approximate surface area is 168 Å². The van der Waals surface area contributed by atoms with Crippen molar-refractivity contribution in [3.63, 3.8) is 0 Å². The molecule has 27 heavy (non-hydrogen) atoms. The Morgan fingerprint density at radius 2 is 2.07 bits per heavy atom. The van der Waals surface area contributed by atoms with Crippen LogP contribution in [0.4, 0.5) is 5.69 Å². The highest BCUT2D eigenvalue weighted by molar-refractivity contribution is 7.99. The van der Waals surface area contributed by atoms with Crippen LogP contribution in [0.3, 0.4) is 0 Å². The first-order chi connectivity index (χ1) is 13.1. The summed E-state index contributed by atoms with van der Waals surface area (Å²) in [6.07, 6.45) is 1.66. The van der Waals surface area contributed by atoms with Crippen molar-refractivity contribution < 1.29 is 4.79 Å². The third-order valence-electron chi connectivity index (χ3n) is 4.36. The zero-order chi connectivity index (χ0) is 19.2. The molecule has 5 nitrogen and oxygen atoms in total. The Bertz CT molecular complexity index is 903. The summed E-state index contributed by atoms with van der Waals surface area (Å²) in [7, 11) is 0. The second-order valence-electron chi connectivity index (χ2n) is 6.20. The predicted molar refractivity (Wildman–Crippen MR) is 113 cm³/mol. The number of thiophene rings is 1. The second-order valence-corrected chi connectivity index (χ2v) is 8.17. The number of hydrogen-bond acceptors (Lipinski definition) is 5. The summed E-state index contributed by atoms with van der Waals surface area (Å²) in [5.41, 5.74) is 3.17. The van der Waals surface area contributed by atoms with Gasteiger partial charge in [0.25, 0.3) is 0 Å². The Morgan fingerprint density at radius 3 is 2.78 bits per heavy atom. The molecule has 0 aliphatic heterocycles. The lowest BCUT2D eigenvalue weighted by molar-refractivity contribution is -0.113. The summed E-state index contributed by atoms with van der Waals surface area (Å²) >= 11 is 3.15. The number of para-hydroxylation sites is 1. The molecule has 0 fully saturated rings. The van der Waals surface area contributed by atoms with Gasteiger partial charge in [-0.1, -0.05) is 43.0 Å². The van der Waals surface area contributed by atoms with Crippen LogP contribution in [-0.4, -0.2) is 26.4 Å². The number of benzene rings is 1. The topological polar surface area (TPSA) is 59.8 Å². The number of anilines is 1. The van der Waals surface area contributed by atoms with Crippen LogP contribution in [-0.2, 0) is 24.2 Å². The quantitative estimate of drug-likeness (QED) is 0.564. The smallest absolute Gasteiger partial charge is 0.234 e. The van der Waals surface area contributed by atoms with E-state index < -0.39 is 0 Å². The molecule has 3 rings (SSSR count). The van der Waals surface area contributed by atoms with Crippen molar-refractivity contribution in [3.05, 3.63) is 57.5 Å². The molecule has 0 saturated carbocycles. The molecule has 7 heteroatoms. The molecule has 0 aliphatic rings. The lowest BCUT2D eigenvalue weighted by atomic mass is 10.1. The van der Waals surface area contributed by atoms with Crippen molar-refractivity contribution in [2.24, 2.45) is 0 Å². The summed E-state index contributed by atoms with van der Waals surface area (Å²) in [5.74, 6) is 1.23. The van der Waals surface area contributed by atoms with E-state index in [1.807, 2.05) is 25.1 Å². The number of rotatable bonds is 8. The lowest BCUT2D eigenvalue weighted by Crippen LogP contribution is -2.16. The highest BCUT2D eigenvalue weighted by atomic mass is 32.2. The van der Waals surface area contributed by atoms with Crippen LogP contribution in [0.25, 0.3) is 0 Å². The lowest BCUT2D eigenvalue weighted by Gasteiger charge is -2.13. The monoisotopic (exact) mass is 400 g/mol. The number of carbonyl (C=O) groups excluding carboxylic acids is 1. The van der Waals surface area contributed by atoms with Gasteiger partial charge in [0.05, 0.1) is 5.75 Å². The molecular formula is C20H24N4OS2. The van der Waals surface area contributed by atoms with Crippen LogP contribution >= 0.6 is 23.1 Å². The molecule has 0 spiro atoms. The van der Waals surface area contributed by atoms with Crippen LogP contribution in [0.5, 0.6) is 0 Å². The third-order valence-corrected chi connectivity index (χ3v) is 6.20. The SMILES string of the molecule is CCc1cccc(C)c1NC(=O)CSc1nnc(Cc2cccs2)n1CC. The number of aromatic nitrogens is 3. The minimum absolute atomic E-state index is 0.0190. The van der Waals surface area contributed by atoms with Gasteiger partial charge in [-0.2, -0.15) is 0 Å². The largest absolute Gasteiger partial charge is 0.325 e. The molecule has 1 N–H and O–H groups in total. The van der Waals surface area contributed by atoms with Gasteiger partial charge < -0.3 is 9.88 Å².